The van der Waals surface area contributed by atoms with E-state index in [4.69, 9.17) is 32.7 Å². The first-order valence-electron chi connectivity index (χ1n) is 10.1. The largest absolute Gasteiger partial charge is 0.507 e. The second-order valence-electron chi connectivity index (χ2n) is 7.89. The van der Waals surface area contributed by atoms with E-state index < -0.39 is 17.7 Å². The maximum Gasteiger partial charge on any atom is 0.295 e. The quantitative estimate of drug-likeness (QED) is 0.384. The molecule has 0 radical (unpaired) electrons. The highest BCUT2D eigenvalue weighted by molar-refractivity contribution is 6.46. The second kappa shape index (κ2) is 9.02. The number of aliphatic hydroxyl groups excluding tert-OH is 1. The maximum absolute atomic E-state index is 13.1. The Labute approximate surface area is 195 Å². The Kier molecular flexibility index (Phi) is 6.33. The molecule has 9 heteroatoms. The average Bonchev–Trinajstić information content (AvgIpc) is 3.32. The third-order valence-corrected chi connectivity index (χ3v) is 6.19. The van der Waals surface area contributed by atoms with E-state index in [-0.39, 0.29) is 18.1 Å². The molecule has 7 nitrogen and oxygen atoms in total. The van der Waals surface area contributed by atoms with Gasteiger partial charge in [-0.1, -0.05) is 29.3 Å². The van der Waals surface area contributed by atoms with Gasteiger partial charge in [0.25, 0.3) is 11.7 Å². The van der Waals surface area contributed by atoms with Crippen molar-refractivity contribution in [3.63, 3.8) is 0 Å². The summed E-state index contributed by atoms with van der Waals surface area (Å²) < 4.78 is 10.7. The number of benzene rings is 2. The average molecular weight is 477 g/mol. The highest BCUT2D eigenvalue weighted by atomic mass is 35.5. The molecule has 0 aliphatic carbocycles. The van der Waals surface area contributed by atoms with Gasteiger partial charge in [0, 0.05) is 12.1 Å². The van der Waals surface area contributed by atoms with E-state index in [1.54, 1.807) is 36.4 Å². The standard InChI is InChI=1S/C23H22Cl2N2O5/c1-26(2)8-3-9-27-20(13-4-6-15(24)16(25)10-13)19(22(29)23(27)30)21(28)14-5-7-17-18(11-14)32-12-31-17/h4-7,10-11,20,28H,3,8-9,12H2,1-2H3. The molecule has 0 bridgehead atoms. The number of nitrogens with zero attached hydrogens (tertiary/aromatic N) is 2. The minimum atomic E-state index is -0.794. The van der Waals surface area contributed by atoms with Crippen molar-refractivity contribution in [2.24, 2.45) is 0 Å². The molecular weight excluding hydrogens is 455 g/mol. The summed E-state index contributed by atoms with van der Waals surface area (Å²) in [6, 6.07) is 9.00. The molecule has 2 aliphatic heterocycles. The summed E-state index contributed by atoms with van der Waals surface area (Å²) in [5.41, 5.74) is 0.938. The van der Waals surface area contributed by atoms with Crippen LogP contribution in [0.2, 0.25) is 10.0 Å². The molecule has 4 rings (SSSR count). The van der Waals surface area contributed by atoms with Crippen molar-refractivity contribution in [1.29, 1.82) is 0 Å². The first kappa shape index (κ1) is 22.5. The third-order valence-electron chi connectivity index (χ3n) is 5.45. The van der Waals surface area contributed by atoms with Crippen LogP contribution in [0.1, 0.15) is 23.6 Å². The third kappa shape index (κ3) is 4.16. The molecule has 2 aliphatic rings. The fourth-order valence-electron chi connectivity index (χ4n) is 3.90. The first-order valence-corrected chi connectivity index (χ1v) is 10.8. The number of hydrogen-bond acceptors (Lipinski definition) is 6. The van der Waals surface area contributed by atoms with Crippen LogP contribution in [0, 0.1) is 0 Å². The van der Waals surface area contributed by atoms with Gasteiger partial charge in [-0.05, 0) is 63.0 Å². The van der Waals surface area contributed by atoms with Gasteiger partial charge in [0.15, 0.2) is 11.5 Å². The zero-order valence-electron chi connectivity index (χ0n) is 17.6. The molecular formula is C23H22Cl2N2O5. The van der Waals surface area contributed by atoms with E-state index in [9.17, 15) is 14.7 Å². The van der Waals surface area contributed by atoms with Crippen molar-refractivity contribution in [3.8, 4) is 11.5 Å². The number of carbonyl (C=O) groups is 2. The van der Waals surface area contributed by atoms with E-state index in [1.807, 2.05) is 19.0 Å². The lowest BCUT2D eigenvalue weighted by Gasteiger charge is -2.26. The van der Waals surface area contributed by atoms with Crippen molar-refractivity contribution in [2.45, 2.75) is 12.5 Å². The van der Waals surface area contributed by atoms with Crippen molar-refractivity contribution in [3.05, 3.63) is 63.1 Å². The van der Waals surface area contributed by atoms with Gasteiger partial charge in [-0.2, -0.15) is 0 Å². The van der Waals surface area contributed by atoms with Gasteiger partial charge in [-0.15, -0.1) is 0 Å². The Hall–Kier alpha value is -2.74. The predicted molar refractivity (Wildman–Crippen MR) is 121 cm³/mol. The molecule has 2 aromatic rings. The number of carbonyl (C=O) groups excluding carboxylic acids is 2. The molecule has 1 saturated heterocycles. The van der Waals surface area contributed by atoms with Gasteiger partial charge in [-0.3, -0.25) is 9.59 Å². The zero-order chi connectivity index (χ0) is 23.0. The van der Waals surface area contributed by atoms with E-state index in [2.05, 4.69) is 0 Å². The summed E-state index contributed by atoms with van der Waals surface area (Å²) in [4.78, 5) is 29.5. The van der Waals surface area contributed by atoms with Crippen LogP contribution in [-0.4, -0.2) is 60.6 Å². The Balaban J connectivity index is 1.80. The number of ketones is 1. The molecule has 2 heterocycles. The number of fused-ring (bicyclic) bond motifs is 1. The predicted octanol–water partition coefficient (Wildman–Crippen LogP) is 4.10. The van der Waals surface area contributed by atoms with E-state index in [0.717, 1.165) is 6.54 Å². The lowest BCUT2D eigenvalue weighted by atomic mass is 9.95. The molecule has 1 unspecified atom stereocenters. The Morgan fingerprint density at radius 2 is 1.84 bits per heavy atom. The maximum atomic E-state index is 13.1. The van der Waals surface area contributed by atoms with Crippen LogP contribution in [-0.2, 0) is 9.59 Å². The van der Waals surface area contributed by atoms with Crippen molar-refractivity contribution < 1.29 is 24.2 Å². The lowest BCUT2D eigenvalue weighted by Crippen LogP contribution is -2.32. The van der Waals surface area contributed by atoms with Gasteiger partial charge in [-0.25, -0.2) is 0 Å². The second-order valence-corrected chi connectivity index (χ2v) is 8.71. The number of aliphatic hydroxyl groups is 1. The molecule has 32 heavy (non-hydrogen) atoms. The molecule has 0 spiro atoms. The normalized spacial score (nSPS) is 19.3. The SMILES string of the molecule is CN(C)CCCN1C(=O)C(=O)C(=C(O)c2ccc3c(c2)OCO3)C1c1ccc(Cl)c(Cl)c1. The van der Waals surface area contributed by atoms with E-state index in [1.165, 1.54) is 4.90 Å². The van der Waals surface area contributed by atoms with Crippen LogP contribution in [0.25, 0.3) is 5.76 Å². The number of halogens is 2. The monoisotopic (exact) mass is 476 g/mol. The van der Waals surface area contributed by atoms with Crippen LogP contribution in [0.15, 0.2) is 42.0 Å². The smallest absolute Gasteiger partial charge is 0.295 e. The zero-order valence-corrected chi connectivity index (χ0v) is 19.1. The topological polar surface area (TPSA) is 79.3 Å². The molecule has 0 aromatic heterocycles. The highest BCUT2D eigenvalue weighted by Gasteiger charge is 2.46. The molecule has 1 N–H and O–H groups in total. The van der Waals surface area contributed by atoms with E-state index >= 15 is 0 Å². The Morgan fingerprint density at radius 3 is 2.56 bits per heavy atom. The molecule has 2 aromatic carbocycles. The number of hydrogen-bond donors (Lipinski definition) is 1. The lowest BCUT2D eigenvalue weighted by molar-refractivity contribution is -0.139. The molecule has 168 valence electrons. The number of amides is 1. The molecule has 0 saturated carbocycles. The summed E-state index contributed by atoms with van der Waals surface area (Å²) in [7, 11) is 3.87. The van der Waals surface area contributed by atoms with Gasteiger partial charge in [0.1, 0.15) is 5.76 Å². The summed E-state index contributed by atoms with van der Waals surface area (Å²) in [6.07, 6.45) is 0.655. The van der Waals surface area contributed by atoms with Crippen LogP contribution in [0.3, 0.4) is 0 Å². The minimum absolute atomic E-state index is 0.00268. The summed E-state index contributed by atoms with van der Waals surface area (Å²) in [5, 5.41) is 11.8. The van der Waals surface area contributed by atoms with E-state index in [0.29, 0.717) is 45.6 Å². The Bertz CT molecular complexity index is 1120. The summed E-state index contributed by atoms with van der Waals surface area (Å²) >= 11 is 12.3. The summed E-state index contributed by atoms with van der Waals surface area (Å²) in [5.74, 6) is -0.692. The fourth-order valence-corrected chi connectivity index (χ4v) is 4.20. The number of likely N-dealkylation sites (tertiary alicyclic amines) is 1. The van der Waals surface area contributed by atoms with Crippen molar-refractivity contribution in [1.82, 2.24) is 9.80 Å². The highest BCUT2D eigenvalue weighted by Crippen LogP contribution is 2.42. The molecule has 1 atom stereocenters. The number of ether oxygens (including phenoxy) is 2. The van der Waals surface area contributed by atoms with Gasteiger partial charge in [0.05, 0.1) is 21.7 Å². The van der Waals surface area contributed by atoms with Crippen molar-refractivity contribution >= 4 is 40.7 Å². The van der Waals surface area contributed by atoms with Crippen LogP contribution in [0.4, 0.5) is 0 Å². The first-order chi connectivity index (χ1) is 15.3. The minimum Gasteiger partial charge on any atom is -0.507 e. The van der Waals surface area contributed by atoms with Crippen LogP contribution in [0.5, 0.6) is 11.5 Å². The number of rotatable bonds is 6. The fraction of sp³-hybridized carbons (Fsp3) is 0.304. The molecule has 1 amide bonds. The summed E-state index contributed by atoms with van der Waals surface area (Å²) in [6.45, 7) is 1.16. The van der Waals surface area contributed by atoms with Crippen molar-refractivity contribution in [2.75, 3.05) is 34.0 Å². The van der Waals surface area contributed by atoms with Gasteiger partial charge in [0.2, 0.25) is 6.79 Å². The van der Waals surface area contributed by atoms with Crippen LogP contribution < -0.4 is 9.47 Å². The Morgan fingerprint density at radius 1 is 1.09 bits per heavy atom. The van der Waals surface area contributed by atoms with Gasteiger partial charge < -0.3 is 24.4 Å². The van der Waals surface area contributed by atoms with Crippen LogP contribution >= 0.6 is 23.2 Å². The number of Topliss-reactive ketones (excluding diaryl/α,β-unsaturated/α-hetero) is 1. The molecule has 1 fully saturated rings. The van der Waals surface area contributed by atoms with Gasteiger partial charge >= 0.3 is 0 Å².